The molecule has 1 aliphatic heterocycles. The molecule has 0 amide bonds. The van der Waals surface area contributed by atoms with Gasteiger partial charge in [-0.1, -0.05) is 0 Å². The summed E-state index contributed by atoms with van der Waals surface area (Å²) in [6.07, 6.45) is 3.09. The first-order valence-corrected chi connectivity index (χ1v) is 5.63. The molecule has 0 saturated carbocycles. The van der Waals surface area contributed by atoms with Gasteiger partial charge in [0.2, 0.25) is 5.28 Å². The molecule has 0 aromatic carbocycles. The van der Waals surface area contributed by atoms with Gasteiger partial charge in [-0.25, -0.2) is 9.37 Å². The average Bonchev–Trinajstić information content (AvgIpc) is 2.76. The van der Waals surface area contributed by atoms with Crippen LogP contribution in [0.1, 0.15) is 12.8 Å². The first-order valence-electron chi connectivity index (χ1n) is 5.25. The number of rotatable bonds is 4. The van der Waals surface area contributed by atoms with Crippen molar-refractivity contribution >= 4 is 17.4 Å². The van der Waals surface area contributed by atoms with Crippen molar-refractivity contribution in [3.8, 4) is 0 Å². The molecule has 16 heavy (non-hydrogen) atoms. The van der Waals surface area contributed by atoms with E-state index in [1.54, 1.807) is 0 Å². The van der Waals surface area contributed by atoms with Gasteiger partial charge in [0.15, 0.2) is 11.6 Å². The van der Waals surface area contributed by atoms with Gasteiger partial charge in [-0.15, -0.1) is 0 Å². The third kappa shape index (κ3) is 3.02. The van der Waals surface area contributed by atoms with Gasteiger partial charge in [0.05, 0.1) is 6.20 Å². The van der Waals surface area contributed by atoms with Gasteiger partial charge < -0.3 is 10.1 Å². The van der Waals surface area contributed by atoms with Crippen molar-refractivity contribution in [2.45, 2.75) is 12.8 Å². The zero-order valence-electron chi connectivity index (χ0n) is 8.75. The van der Waals surface area contributed by atoms with Crippen LogP contribution in [-0.2, 0) is 4.74 Å². The minimum atomic E-state index is -0.480. The van der Waals surface area contributed by atoms with Crippen molar-refractivity contribution in [2.24, 2.45) is 5.92 Å². The molecule has 0 spiro atoms. The maximum absolute atomic E-state index is 13.2. The highest BCUT2D eigenvalue weighted by Gasteiger charge is 2.15. The van der Waals surface area contributed by atoms with Crippen LogP contribution in [0.3, 0.4) is 0 Å². The minimum Gasteiger partial charge on any atom is -0.381 e. The average molecular weight is 246 g/mol. The highest BCUT2D eigenvalue weighted by atomic mass is 35.5. The molecule has 1 aromatic heterocycles. The van der Waals surface area contributed by atoms with Gasteiger partial charge in [-0.3, -0.25) is 0 Å². The fourth-order valence-corrected chi connectivity index (χ4v) is 1.81. The van der Waals surface area contributed by atoms with Gasteiger partial charge in [0, 0.05) is 19.8 Å². The number of hydrogen-bond acceptors (Lipinski definition) is 4. The minimum absolute atomic E-state index is 0.0492. The Labute approximate surface area is 98.2 Å². The fourth-order valence-electron chi connectivity index (χ4n) is 1.68. The highest BCUT2D eigenvalue weighted by molar-refractivity contribution is 6.28. The summed E-state index contributed by atoms with van der Waals surface area (Å²) in [4.78, 5) is 7.32. The Bertz CT molecular complexity index is 358. The Morgan fingerprint density at radius 1 is 1.62 bits per heavy atom. The lowest BCUT2D eigenvalue weighted by molar-refractivity contribution is 0.185. The molecule has 0 radical (unpaired) electrons. The van der Waals surface area contributed by atoms with Gasteiger partial charge >= 0.3 is 0 Å². The summed E-state index contributed by atoms with van der Waals surface area (Å²) in [5.41, 5.74) is 0. The van der Waals surface area contributed by atoms with Gasteiger partial charge in [-0.2, -0.15) is 4.98 Å². The molecule has 1 unspecified atom stereocenters. The molecule has 1 N–H and O–H groups in total. The molecule has 1 saturated heterocycles. The molecule has 0 bridgehead atoms. The van der Waals surface area contributed by atoms with Crippen molar-refractivity contribution < 1.29 is 9.13 Å². The molecule has 2 heterocycles. The summed E-state index contributed by atoms with van der Waals surface area (Å²) in [5.74, 6) is 0.249. The second-order valence-corrected chi connectivity index (χ2v) is 4.12. The first-order chi connectivity index (χ1) is 7.75. The summed E-state index contributed by atoms with van der Waals surface area (Å²) in [5, 5.41) is 2.96. The molecule has 1 atom stereocenters. The third-order valence-electron chi connectivity index (χ3n) is 2.58. The largest absolute Gasteiger partial charge is 0.381 e. The number of hydrogen-bond donors (Lipinski definition) is 1. The van der Waals surface area contributed by atoms with E-state index in [0.29, 0.717) is 12.5 Å². The highest BCUT2D eigenvalue weighted by Crippen LogP contribution is 2.17. The number of ether oxygens (including phenoxy) is 1. The number of halogens is 2. The fraction of sp³-hybridized carbons (Fsp3) is 0.600. The predicted molar refractivity (Wildman–Crippen MR) is 59.0 cm³/mol. The van der Waals surface area contributed by atoms with Crippen molar-refractivity contribution in [1.29, 1.82) is 0 Å². The maximum Gasteiger partial charge on any atom is 0.224 e. The van der Waals surface area contributed by atoms with E-state index in [2.05, 4.69) is 15.3 Å². The molecule has 6 heteroatoms. The molecule has 2 rings (SSSR count). The Kier molecular flexibility index (Phi) is 3.90. The molecule has 4 nitrogen and oxygen atoms in total. The van der Waals surface area contributed by atoms with Gasteiger partial charge in [-0.05, 0) is 30.4 Å². The van der Waals surface area contributed by atoms with E-state index in [1.807, 2.05) is 0 Å². The lowest BCUT2D eigenvalue weighted by Crippen LogP contribution is -2.11. The Hall–Kier alpha value is -0.940. The standard InChI is InChI=1S/C10H13ClFN3O/c11-10-14-5-8(12)9(15-10)13-3-1-7-2-4-16-6-7/h5,7H,1-4,6H2,(H,13,14,15). The Morgan fingerprint density at radius 3 is 3.25 bits per heavy atom. The van der Waals surface area contributed by atoms with Crippen LogP contribution >= 0.6 is 11.6 Å². The first kappa shape index (κ1) is 11.5. The SMILES string of the molecule is Fc1cnc(Cl)nc1NCCC1CCOC1. The molecular weight excluding hydrogens is 233 g/mol. The number of anilines is 1. The summed E-state index contributed by atoms with van der Waals surface area (Å²) in [6, 6.07) is 0. The second kappa shape index (κ2) is 5.41. The zero-order valence-corrected chi connectivity index (χ0v) is 9.50. The van der Waals surface area contributed by atoms with E-state index in [-0.39, 0.29) is 11.1 Å². The van der Waals surface area contributed by atoms with Crippen LogP contribution in [0.4, 0.5) is 10.2 Å². The molecule has 1 aliphatic rings. The van der Waals surface area contributed by atoms with Crippen molar-refractivity contribution in [1.82, 2.24) is 9.97 Å². The number of aromatic nitrogens is 2. The number of nitrogens with one attached hydrogen (secondary N) is 1. The monoisotopic (exact) mass is 245 g/mol. The van der Waals surface area contributed by atoms with Crippen LogP contribution in [0.15, 0.2) is 6.20 Å². The van der Waals surface area contributed by atoms with Crippen LogP contribution in [-0.4, -0.2) is 29.7 Å². The lowest BCUT2D eigenvalue weighted by atomic mass is 10.1. The quantitative estimate of drug-likeness (QED) is 0.826. The van der Waals surface area contributed by atoms with Crippen LogP contribution in [0.2, 0.25) is 5.28 Å². The predicted octanol–water partition coefficient (Wildman–Crippen LogP) is 2.11. The van der Waals surface area contributed by atoms with Crippen molar-refractivity contribution in [3.05, 3.63) is 17.3 Å². The lowest BCUT2D eigenvalue weighted by Gasteiger charge is -2.09. The molecular formula is C10H13ClFN3O. The third-order valence-corrected chi connectivity index (χ3v) is 2.77. The second-order valence-electron chi connectivity index (χ2n) is 3.78. The summed E-state index contributed by atoms with van der Waals surface area (Å²) < 4.78 is 18.5. The summed E-state index contributed by atoms with van der Waals surface area (Å²) in [7, 11) is 0. The van der Waals surface area contributed by atoms with Gasteiger partial charge in [0.1, 0.15) is 0 Å². The van der Waals surface area contributed by atoms with E-state index in [4.69, 9.17) is 16.3 Å². The molecule has 1 fully saturated rings. The van der Waals surface area contributed by atoms with Crippen LogP contribution in [0, 0.1) is 11.7 Å². The van der Waals surface area contributed by atoms with E-state index >= 15 is 0 Å². The molecule has 0 aliphatic carbocycles. The molecule has 1 aromatic rings. The summed E-state index contributed by atoms with van der Waals surface area (Å²) in [6.45, 7) is 2.30. The normalized spacial score (nSPS) is 20.0. The van der Waals surface area contributed by atoms with Gasteiger partial charge in [0.25, 0.3) is 0 Å². The Balaban J connectivity index is 1.82. The van der Waals surface area contributed by atoms with E-state index in [1.165, 1.54) is 0 Å². The maximum atomic E-state index is 13.2. The smallest absolute Gasteiger partial charge is 0.224 e. The number of nitrogens with zero attached hydrogens (tertiary/aromatic N) is 2. The van der Waals surface area contributed by atoms with E-state index in [0.717, 1.165) is 32.3 Å². The van der Waals surface area contributed by atoms with E-state index in [9.17, 15) is 4.39 Å². The van der Waals surface area contributed by atoms with Crippen molar-refractivity contribution in [2.75, 3.05) is 25.1 Å². The van der Waals surface area contributed by atoms with Crippen molar-refractivity contribution in [3.63, 3.8) is 0 Å². The van der Waals surface area contributed by atoms with Crippen LogP contribution in [0.5, 0.6) is 0 Å². The topological polar surface area (TPSA) is 47.0 Å². The van der Waals surface area contributed by atoms with Crippen LogP contribution < -0.4 is 5.32 Å². The van der Waals surface area contributed by atoms with E-state index < -0.39 is 5.82 Å². The van der Waals surface area contributed by atoms with Crippen LogP contribution in [0.25, 0.3) is 0 Å². The Morgan fingerprint density at radius 2 is 2.50 bits per heavy atom. The summed E-state index contributed by atoms with van der Waals surface area (Å²) >= 11 is 5.57. The molecule has 88 valence electrons. The zero-order chi connectivity index (χ0) is 11.4.